The number of ether oxygens (including phenoxy) is 1. The highest BCUT2D eigenvalue weighted by Gasteiger charge is 2.52. The second kappa shape index (κ2) is 8.50. The van der Waals surface area contributed by atoms with E-state index in [0.717, 1.165) is 31.4 Å². The van der Waals surface area contributed by atoms with Gasteiger partial charge in [0, 0.05) is 36.1 Å². The average molecular weight is 437 g/mol. The molecule has 2 unspecified atom stereocenters. The zero-order chi connectivity index (χ0) is 22.2. The zero-order valence-corrected chi connectivity index (χ0v) is 18.1. The fraction of sp³-hybridized carbons (Fsp3) is 0.500. The fourth-order valence-corrected chi connectivity index (χ4v) is 5.41. The van der Waals surface area contributed by atoms with Gasteiger partial charge in [-0.05, 0) is 37.0 Å². The van der Waals surface area contributed by atoms with Gasteiger partial charge in [0.2, 0.25) is 5.91 Å². The molecule has 0 radical (unpaired) electrons. The van der Waals surface area contributed by atoms with Crippen molar-refractivity contribution in [3.05, 3.63) is 48.5 Å². The number of hydrogen-bond acceptors (Lipinski definition) is 5. The Balaban J connectivity index is 1.38. The lowest BCUT2D eigenvalue weighted by atomic mass is 9.95. The van der Waals surface area contributed by atoms with Crippen LogP contribution in [-0.2, 0) is 14.3 Å². The van der Waals surface area contributed by atoms with E-state index in [4.69, 9.17) is 4.74 Å². The van der Waals surface area contributed by atoms with E-state index in [0.29, 0.717) is 12.1 Å². The number of Topliss-reactive ketones (excluding diaryl/α,β-unsaturated/α-hetero) is 1. The molecule has 1 aromatic carbocycles. The molecule has 8 nitrogen and oxygen atoms in total. The minimum atomic E-state index is -0.638. The maximum atomic E-state index is 13.7. The Labute approximate surface area is 186 Å². The van der Waals surface area contributed by atoms with Gasteiger partial charge >= 0.3 is 0 Å². The quantitative estimate of drug-likeness (QED) is 0.774. The van der Waals surface area contributed by atoms with E-state index in [1.807, 2.05) is 29.8 Å². The first-order valence-corrected chi connectivity index (χ1v) is 11.4. The van der Waals surface area contributed by atoms with Crippen LogP contribution in [0.2, 0.25) is 0 Å². The number of hydrogen-bond donors (Lipinski definition) is 1. The van der Waals surface area contributed by atoms with Crippen LogP contribution in [0.4, 0.5) is 0 Å². The summed E-state index contributed by atoms with van der Waals surface area (Å²) in [5.74, 6) is -0.307. The first kappa shape index (κ1) is 20.9. The minimum Gasteiger partial charge on any atom is -0.367 e. The second-order valence-electron chi connectivity index (χ2n) is 9.17. The summed E-state index contributed by atoms with van der Waals surface area (Å²) < 4.78 is 7.48. The van der Waals surface area contributed by atoms with Crippen molar-refractivity contribution >= 4 is 17.6 Å². The molecular weight excluding hydrogens is 408 g/mol. The molecule has 3 fully saturated rings. The van der Waals surface area contributed by atoms with E-state index in [2.05, 4.69) is 10.3 Å². The number of imidazole rings is 1. The number of carbonyl (C=O) groups is 3. The Morgan fingerprint density at radius 2 is 2.06 bits per heavy atom. The molecule has 32 heavy (non-hydrogen) atoms. The summed E-state index contributed by atoms with van der Waals surface area (Å²) in [4.78, 5) is 45.0. The van der Waals surface area contributed by atoms with E-state index < -0.39 is 12.1 Å². The SMILES string of the molecule is CC1CN(C(=O)C(NC(=O)c2cccc(-n3ccnc3)c2)C2CCCC2)[C@@H]2C(=O)CO[C@H]12. The first-order chi connectivity index (χ1) is 15.5. The number of benzene rings is 1. The number of carbonyl (C=O) groups excluding carboxylic acids is 3. The number of nitrogens with one attached hydrogen (secondary N) is 1. The standard InChI is InChI=1S/C24H28N4O4/c1-15-12-28(21-19(29)13-32-22(15)21)24(31)20(16-5-2-3-6-16)26-23(30)17-7-4-8-18(11-17)27-10-9-25-14-27/h4,7-11,14-16,20-22H,2-3,5-6,12-13H2,1H3,(H,26,30)/t15?,20?,21-,22-/m1/s1. The van der Waals surface area contributed by atoms with E-state index >= 15 is 0 Å². The van der Waals surface area contributed by atoms with Gasteiger partial charge in [-0.2, -0.15) is 0 Å². The molecule has 3 aliphatic rings. The third-order valence-electron chi connectivity index (χ3n) is 7.06. The predicted octanol–water partition coefficient (Wildman–Crippen LogP) is 1.98. The molecule has 1 saturated carbocycles. The molecule has 1 aliphatic carbocycles. The summed E-state index contributed by atoms with van der Waals surface area (Å²) in [7, 11) is 0. The topological polar surface area (TPSA) is 93.5 Å². The lowest BCUT2D eigenvalue weighted by Crippen LogP contribution is -2.54. The maximum absolute atomic E-state index is 13.7. The number of ketones is 1. The molecule has 1 aromatic heterocycles. The average Bonchev–Trinajstić information content (AvgIpc) is 3.59. The number of likely N-dealkylation sites (tertiary alicyclic amines) is 1. The molecule has 8 heteroatoms. The molecule has 4 atom stereocenters. The molecule has 0 spiro atoms. The van der Waals surface area contributed by atoms with Gasteiger partial charge in [-0.15, -0.1) is 0 Å². The fourth-order valence-electron chi connectivity index (χ4n) is 5.41. The van der Waals surface area contributed by atoms with Crippen LogP contribution in [0.1, 0.15) is 43.0 Å². The Bertz CT molecular complexity index is 1010. The van der Waals surface area contributed by atoms with Crippen LogP contribution >= 0.6 is 0 Å². The van der Waals surface area contributed by atoms with Crippen molar-refractivity contribution in [3.63, 3.8) is 0 Å². The number of fused-ring (bicyclic) bond motifs is 1. The van der Waals surface area contributed by atoms with Crippen molar-refractivity contribution in [1.29, 1.82) is 0 Å². The molecule has 3 heterocycles. The van der Waals surface area contributed by atoms with Crippen molar-refractivity contribution in [2.45, 2.75) is 50.8 Å². The van der Waals surface area contributed by atoms with Gasteiger partial charge in [-0.3, -0.25) is 14.4 Å². The summed E-state index contributed by atoms with van der Waals surface area (Å²) in [6, 6.07) is 6.08. The number of amides is 2. The van der Waals surface area contributed by atoms with Crippen molar-refractivity contribution in [2.24, 2.45) is 11.8 Å². The zero-order valence-electron chi connectivity index (χ0n) is 18.1. The van der Waals surface area contributed by atoms with Crippen LogP contribution in [0.3, 0.4) is 0 Å². The van der Waals surface area contributed by atoms with E-state index in [9.17, 15) is 14.4 Å². The summed E-state index contributed by atoms with van der Waals surface area (Å²) in [6.45, 7) is 2.55. The summed E-state index contributed by atoms with van der Waals surface area (Å²) >= 11 is 0. The molecule has 2 aliphatic heterocycles. The van der Waals surface area contributed by atoms with Crippen LogP contribution in [-0.4, -0.2) is 63.4 Å². The van der Waals surface area contributed by atoms with Gasteiger partial charge in [0.05, 0.1) is 12.4 Å². The summed E-state index contributed by atoms with van der Waals surface area (Å²) in [6.07, 6.45) is 8.82. The van der Waals surface area contributed by atoms with Gasteiger partial charge in [0.1, 0.15) is 18.7 Å². The predicted molar refractivity (Wildman–Crippen MR) is 116 cm³/mol. The molecule has 2 aromatic rings. The van der Waals surface area contributed by atoms with Gasteiger partial charge in [0.15, 0.2) is 5.78 Å². The molecule has 1 N–H and O–H groups in total. The summed E-state index contributed by atoms with van der Waals surface area (Å²) in [5, 5.41) is 3.03. The molecule has 0 bridgehead atoms. The monoisotopic (exact) mass is 436 g/mol. The molecular formula is C24H28N4O4. The lowest BCUT2D eigenvalue weighted by molar-refractivity contribution is -0.139. The maximum Gasteiger partial charge on any atom is 0.252 e. The highest BCUT2D eigenvalue weighted by molar-refractivity contribution is 5.99. The first-order valence-electron chi connectivity index (χ1n) is 11.4. The number of aromatic nitrogens is 2. The van der Waals surface area contributed by atoms with E-state index in [1.54, 1.807) is 29.6 Å². The largest absolute Gasteiger partial charge is 0.367 e. The van der Waals surface area contributed by atoms with Crippen molar-refractivity contribution in [1.82, 2.24) is 19.8 Å². The Hall–Kier alpha value is -3.00. The normalized spacial score (nSPS) is 26.3. The van der Waals surface area contributed by atoms with Crippen LogP contribution in [0, 0.1) is 11.8 Å². The van der Waals surface area contributed by atoms with Gasteiger partial charge < -0.3 is 19.5 Å². The smallest absolute Gasteiger partial charge is 0.252 e. The Morgan fingerprint density at radius 1 is 1.25 bits per heavy atom. The number of rotatable bonds is 5. The number of nitrogens with zero attached hydrogens (tertiary/aromatic N) is 3. The highest BCUT2D eigenvalue weighted by atomic mass is 16.5. The van der Waals surface area contributed by atoms with Crippen molar-refractivity contribution in [3.8, 4) is 5.69 Å². The van der Waals surface area contributed by atoms with Gasteiger partial charge in [-0.1, -0.05) is 25.8 Å². The highest BCUT2D eigenvalue weighted by Crippen LogP contribution is 2.34. The van der Waals surface area contributed by atoms with E-state index in [-0.39, 0.29) is 42.1 Å². The minimum absolute atomic E-state index is 0.0442. The Morgan fingerprint density at radius 3 is 2.81 bits per heavy atom. The third kappa shape index (κ3) is 3.72. The van der Waals surface area contributed by atoms with Crippen LogP contribution in [0.5, 0.6) is 0 Å². The van der Waals surface area contributed by atoms with Crippen molar-refractivity contribution in [2.75, 3.05) is 13.2 Å². The Kier molecular flexibility index (Phi) is 5.55. The van der Waals surface area contributed by atoms with Crippen LogP contribution < -0.4 is 5.32 Å². The molecule has 2 saturated heterocycles. The van der Waals surface area contributed by atoms with Crippen molar-refractivity contribution < 1.29 is 19.1 Å². The molecule has 5 rings (SSSR count). The van der Waals surface area contributed by atoms with Crippen LogP contribution in [0.25, 0.3) is 5.69 Å². The van der Waals surface area contributed by atoms with E-state index in [1.165, 1.54) is 0 Å². The molecule has 2 amide bonds. The summed E-state index contributed by atoms with van der Waals surface area (Å²) in [5.41, 5.74) is 1.31. The second-order valence-corrected chi connectivity index (χ2v) is 9.17. The van der Waals surface area contributed by atoms with Gasteiger partial charge in [0.25, 0.3) is 5.91 Å². The lowest BCUT2D eigenvalue weighted by Gasteiger charge is -2.30. The van der Waals surface area contributed by atoms with Crippen LogP contribution in [0.15, 0.2) is 43.0 Å². The molecule has 168 valence electrons. The van der Waals surface area contributed by atoms with Gasteiger partial charge in [-0.25, -0.2) is 4.98 Å². The third-order valence-corrected chi connectivity index (χ3v) is 7.06.